The first kappa shape index (κ1) is 19.8. The number of primary amides is 2. The molecule has 0 aromatic carbocycles. The van der Waals surface area contributed by atoms with Crippen molar-refractivity contribution in [3.05, 3.63) is 48.5 Å². The molecule has 8 heteroatoms. The van der Waals surface area contributed by atoms with Crippen LogP contribution < -0.4 is 11.5 Å². The fourth-order valence-corrected chi connectivity index (χ4v) is 4.12. The number of fused-ring (bicyclic) bond motifs is 1. The lowest BCUT2D eigenvalue weighted by Crippen LogP contribution is -2.44. The van der Waals surface area contributed by atoms with Crippen molar-refractivity contribution in [1.29, 1.82) is 0 Å². The summed E-state index contributed by atoms with van der Waals surface area (Å²) in [4.78, 5) is 33.2. The zero-order valence-electron chi connectivity index (χ0n) is 17.2. The van der Waals surface area contributed by atoms with Gasteiger partial charge in [-0.1, -0.05) is 13.8 Å². The van der Waals surface area contributed by atoms with Crippen molar-refractivity contribution in [2.45, 2.75) is 33.6 Å². The Bertz CT molecular complexity index is 1200. The molecule has 1 fully saturated rings. The van der Waals surface area contributed by atoms with Gasteiger partial charge >= 0.3 is 0 Å². The minimum absolute atomic E-state index is 0.234. The Morgan fingerprint density at radius 3 is 2.43 bits per heavy atom. The van der Waals surface area contributed by atoms with E-state index in [0.717, 1.165) is 16.8 Å². The van der Waals surface area contributed by atoms with Crippen LogP contribution in [0.5, 0.6) is 0 Å². The highest BCUT2D eigenvalue weighted by atomic mass is 16.1. The number of nitrogens with two attached hydrogens (primary N) is 2. The van der Waals surface area contributed by atoms with E-state index in [-0.39, 0.29) is 11.5 Å². The van der Waals surface area contributed by atoms with E-state index in [4.69, 9.17) is 16.5 Å². The van der Waals surface area contributed by atoms with Gasteiger partial charge in [0.25, 0.3) is 5.91 Å². The molecule has 8 nitrogen and oxygen atoms in total. The van der Waals surface area contributed by atoms with E-state index in [1.807, 2.05) is 45.2 Å². The second-order valence-electron chi connectivity index (χ2n) is 8.45. The summed E-state index contributed by atoms with van der Waals surface area (Å²) < 4.78 is 1.68. The molecule has 1 aliphatic carbocycles. The third-order valence-electron chi connectivity index (χ3n) is 6.64. The van der Waals surface area contributed by atoms with E-state index in [1.165, 1.54) is 6.20 Å². The molecule has 3 aromatic heterocycles. The van der Waals surface area contributed by atoms with Gasteiger partial charge in [0.1, 0.15) is 5.69 Å². The van der Waals surface area contributed by atoms with E-state index in [1.54, 1.807) is 16.9 Å². The van der Waals surface area contributed by atoms with E-state index in [0.29, 0.717) is 24.0 Å². The molecule has 4 N–H and O–H groups in total. The molecule has 3 heterocycles. The fourth-order valence-electron chi connectivity index (χ4n) is 4.12. The number of nitrogens with zero attached hydrogens (tertiary/aromatic N) is 4. The Labute approximate surface area is 174 Å². The average Bonchev–Trinajstić information content (AvgIpc) is 3.24. The van der Waals surface area contributed by atoms with Crippen LogP contribution in [0.15, 0.2) is 48.0 Å². The second-order valence-corrected chi connectivity index (χ2v) is 8.45. The Hall–Kier alpha value is -3.55. The van der Waals surface area contributed by atoms with Gasteiger partial charge in [-0.05, 0) is 43.5 Å². The SMILES string of the molecule is CC1(C)C(=Nc2c(C(N)=O)cnn3cc(-c4ccncc4)cc23)CC[C@]1(C)C(N)=O. The highest BCUT2D eigenvalue weighted by Crippen LogP contribution is 2.51. The molecule has 0 unspecified atom stereocenters. The van der Waals surface area contributed by atoms with Crippen molar-refractivity contribution in [2.75, 3.05) is 0 Å². The quantitative estimate of drug-likeness (QED) is 0.692. The summed E-state index contributed by atoms with van der Waals surface area (Å²) in [5.74, 6) is -0.958. The molecule has 30 heavy (non-hydrogen) atoms. The van der Waals surface area contributed by atoms with Crippen molar-refractivity contribution in [3.63, 3.8) is 0 Å². The van der Waals surface area contributed by atoms with Crippen LogP contribution >= 0.6 is 0 Å². The largest absolute Gasteiger partial charge is 0.369 e. The third-order valence-corrected chi connectivity index (χ3v) is 6.64. The summed E-state index contributed by atoms with van der Waals surface area (Å²) in [6, 6.07) is 5.71. The number of carbonyl (C=O) groups excluding carboxylic acids is 2. The molecule has 0 aliphatic heterocycles. The summed E-state index contributed by atoms with van der Waals surface area (Å²) in [5.41, 5.74) is 14.1. The molecule has 3 aromatic rings. The predicted molar refractivity (Wildman–Crippen MR) is 114 cm³/mol. The topological polar surface area (TPSA) is 129 Å². The van der Waals surface area contributed by atoms with Crippen LogP contribution in [0.25, 0.3) is 16.6 Å². The summed E-state index contributed by atoms with van der Waals surface area (Å²) in [6.07, 6.45) is 7.94. The first-order chi connectivity index (χ1) is 14.1. The van der Waals surface area contributed by atoms with Crippen LogP contribution in [-0.4, -0.2) is 32.1 Å². The maximum atomic E-state index is 12.2. The first-order valence-corrected chi connectivity index (χ1v) is 9.75. The number of pyridine rings is 1. The minimum Gasteiger partial charge on any atom is -0.369 e. The molecule has 154 valence electrons. The van der Waals surface area contributed by atoms with Gasteiger partial charge in [0.05, 0.1) is 22.7 Å². The Morgan fingerprint density at radius 2 is 1.83 bits per heavy atom. The summed E-state index contributed by atoms with van der Waals surface area (Å²) in [6.45, 7) is 5.80. The predicted octanol–water partition coefficient (Wildman–Crippen LogP) is 2.88. The monoisotopic (exact) mass is 404 g/mol. The van der Waals surface area contributed by atoms with Gasteiger partial charge in [-0.25, -0.2) is 4.52 Å². The normalized spacial score (nSPS) is 21.9. The Morgan fingerprint density at radius 1 is 1.13 bits per heavy atom. The lowest BCUT2D eigenvalue weighted by molar-refractivity contribution is -0.130. The van der Waals surface area contributed by atoms with Crippen LogP contribution in [-0.2, 0) is 4.79 Å². The number of hydrogen-bond acceptors (Lipinski definition) is 5. The Balaban J connectivity index is 1.92. The first-order valence-electron chi connectivity index (χ1n) is 9.75. The number of aliphatic imine (C=N–C) groups is 1. The average molecular weight is 404 g/mol. The highest BCUT2D eigenvalue weighted by Gasteiger charge is 2.53. The molecule has 0 radical (unpaired) electrons. The van der Waals surface area contributed by atoms with Crippen LogP contribution in [0.1, 0.15) is 44.0 Å². The smallest absolute Gasteiger partial charge is 0.252 e. The van der Waals surface area contributed by atoms with Gasteiger partial charge in [0, 0.05) is 35.3 Å². The van der Waals surface area contributed by atoms with Gasteiger partial charge < -0.3 is 11.5 Å². The number of amides is 2. The van der Waals surface area contributed by atoms with Gasteiger partial charge in [-0.15, -0.1) is 0 Å². The molecule has 0 spiro atoms. The molecular formula is C22H24N6O2. The van der Waals surface area contributed by atoms with Crippen molar-refractivity contribution in [2.24, 2.45) is 27.3 Å². The van der Waals surface area contributed by atoms with Gasteiger partial charge in [0.15, 0.2) is 0 Å². The van der Waals surface area contributed by atoms with Gasteiger partial charge in [-0.2, -0.15) is 5.10 Å². The summed E-state index contributed by atoms with van der Waals surface area (Å²) in [5, 5.41) is 4.33. The van der Waals surface area contributed by atoms with Crippen LogP contribution in [0, 0.1) is 10.8 Å². The second kappa shape index (κ2) is 6.76. The van der Waals surface area contributed by atoms with Crippen molar-refractivity contribution in [1.82, 2.24) is 14.6 Å². The minimum atomic E-state index is -0.716. The van der Waals surface area contributed by atoms with E-state index in [2.05, 4.69) is 10.1 Å². The molecule has 0 bridgehead atoms. The molecule has 1 aliphatic rings. The number of aromatic nitrogens is 3. The highest BCUT2D eigenvalue weighted by molar-refractivity contribution is 6.06. The lowest BCUT2D eigenvalue weighted by atomic mass is 9.68. The number of carbonyl (C=O) groups is 2. The lowest BCUT2D eigenvalue weighted by Gasteiger charge is -2.35. The molecular weight excluding hydrogens is 380 g/mol. The standard InChI is InChI=1S/C22H24N6O2/c1-21(2)17(4-7-22(21,3)20(24)30)27-18-15(19(23)29)11-26-28-12-14(10-16(18)28)13-5-8-25-9-6-13/h5-6,8-12H,4,7H2,1-3H3,(H2,23,29)(H2,24,30)/t22-/m1/s1. The van der Waals surface area contributed by atoms with Gasteiger partial charge in [-0.3, -0.25) is 19.6 Å². The molecule has 0 saturated heterocycles. The third kappa shape index (κ3) is 2.87. The number of hydrogen-bond donors (Lipinski definition) is 2. The Kier molecular flexibility index (Phi) is 4.45. The zero-order valence-corrected chi connectivity index (χ0v) is 17.2. The molecule has 4 rings (SSSR count). The van der Waals surface area contributed by atoms with Crippen LogP contribution in [0.4, 0.5) is 5.69 Å². The molecule has 1 saturated carbocycles. The van der Waals surface area contributed by atoms with E-state index in [9.17, 15) is 9.59 Å². The molecule has 2 amide bonds. The maximum Gasteiger partial charge on any atom is 0.252 e. The summed E-state index contributed by atoms with van der Waals surface area (Å²) >= 11 is 0. The zero-order chi connectivity index (χ0) is 21.7. The van der Waals surface area contributed by atoms with Crippen LogP contribution in [0.3, 0.4) is 0 Å². The van der Waals surface area contributed by atoms with Crippen molar-refractivity contribution < 1.29 is 9.59 Å². The number of rotatable bonds is 4. The van der Waals surface area contributed by atoms with E-state index >= 15 is 0 Å². The summed E-state index contributed by atoms with van der Waals surface area (Å²) in [7, 11) is 0. The van der Waals surface area contributed by atoms with Gasteiger partial charge in [0.2, 0.25) is 5.91 Å². The van der Waals surface area contributed by atoms with Crippen molar-refractivity contribution >= 4 is 28.7 Å². The van der Waals surface area contributed by atoms with Crippen LogP contribution in [0.2, 0.25) is 0 Å². The van der Waals surface area contributed by atoms with Crippen molar-refractivity contribution in [3.8, 4) is 11.1 Å². The molecule has 1 atom stereocenters. The fraction of sp³-hybridized carbons (Fsp3) is 0.318. The maximum absolute atomic E-state index is 12.2. The van der Waals surface area contributed by atoms with E-state index < -0.39 is 16.7 Å².